The summed E-state index contributed by atoms with van der Waals surface area (Å²) in [6.07, 6.45) is 2.34. The van der Waals surface area contributed by atoms with E-state index in [2.05, 4.69) is 31.0 Å². The van der Waals surface area contributed by atoms with E-state index in [4.69, 9.17) is 15.2 Å². The number of alkyl halides is 1. The summed E-state index contributed by atoms with van der Waals surface area (Å²) in [5.74, 6) is 0.609. The third-order valence-electron chi connectivity index (χ3n) is 2.74. The Morgan fingerprint density at radius 3 is 2.86 bits per heavy atom. The van der Waals surface area contributed by atoms with Crippen LogP contribution in [0.25, 0.3) is 0 Å². The Bertz CT molecular complexity index is 451. The molecule has 0 radical (unpaired) electrons. The molecule has 0 unspecified atom stereocenters. The average molecular weight is 417 g/mol. The Kier molecular flexibility index (Phi) is 8.81. The van der Waals surface area contributed by atoms with E-state index in [1.807, 2.05) is 0 Å². The van der Waals surface area contributed by atoms with Crippen molar-refractivity contribution in [2.24, 2.45) is 4.99 Å². The third-order valence-corrected chi connectivity index (χ3v) is 4.55. The molecule has 128 valence electrons. The minimum Gasteiger partial charge on any atom is -0.465 e. The summed E-state index contributed by atoms with van der Waals surface area (Å²) in [4.78, 5) is 27.9. The van der Waals surface area contributed by atoms with Gasteiger partial charge in [0, 0.05) is 17.5 Å². The van der Waals surface area contributed by atoms with E-state index >= 15 is 0 Å². The van der Waals surface area contributed by atoms with Gasteiger partial charge < -0.3 is 10.1 Å². The molecule has 3 heterocycles. The van der Waals surface area contributed by atoms with Crippen molar-refractivity contribution in [3.05, 3.63) is 0 Å². The molecule has 6 nitrogen and oxygen atoms in total. The van der Waals surface area contributed by atoms with Crippen LogP contribution in [-0.4, -0.2) is 64.3 Å². The van der Waals surface area contributed by atoms with Crippen LogP contribution in [0.1, 0.15) is 24.2 Å². The van der Waals surface area contributed by atoms with Gasteiger partial charge in [-0.15, -0.1) is 0 Å². The smallest absolute Gasteiger partial charge is 0.316 e. The Labute approximate surface area is 153 Å². The molecule has 3 rings (SSSR count). The Hall–Kier alpha value is -0.670. The SMILES string of the molecule is CCOC(=O)CBr.O=C1CSC2=NCCN12.S=C1CCCN1.[2HH].[2H][2H]. The number of rotatable bonds is 2. The van der Waals surface area contributed by atoms with Crippen molar-refractivity contribution in [3.8, 4) is 0 Å². The second kappa shape index (κ2) is 11.0. The number of nitrogens with one attached hydrogen (secondary N) is 1. The van der Waals surface area contributed by atoms with Gasteiger partial charge in [-0.2, -0.15) is 0 Å². The monoisotopic (exact) mass is 416 g/mol. The number of esters is 1. The molecule has 3 aliphatic rings. The van der Waals surface area contributed by atoms with Crippen LogP contribution in [0.4, 0.5) is 0 Å². The number of carbonyl (C=O) groups excluding carboxylic acids is 2. The molecule has 0 aromatic heterocycles. The fourth-order valence-electron chi connectivity index (χ4n) is 1.75. The Morgan fingerprint density at radius 2 is 2.45 bits per heavy atom. The van der Waals surface area contributed by atoms with E-state index < -0.39 is 0 Å². The van der Waals surface area contributed by atoms with Gasteiger partial charge in [-0.05, 0) is 19.8 Å². The lowest BCUT2D eigenvalue weighted by molar-refractivity contribution is -0.139. The van der Waals surface area contributed by atoms with Gasteiger partial charge in [0.25, 0.3) is 0 Å². The van der Waals surface area contributed by atoms with Crippen LogP contribution in [0, 0.1) is 0 Å². The number of hydrogen-bond donors (Lipinski definition) is 1. The van der Waals surface area contributed by atoms with E-state index in [0.29, 0.717) is 17.7 Å². The Morgan fingerprint density at radius 1 is 1.68 bits per heavy atom. The molecular weight excluding hydrogens is 390 g/mol. The largest absolute Gasteiger partial charge is 0.465 e. The summed E-state index contributed by atoms with van der Waals surface area (Å²) in [5.41, 5.74) is 0. The lowest BCUT2D eigenvalue weighted by Crippen LogP contribution is -2.26. The van der Waals surface area contributed by atoms with E-state index in [1.165, 1.54) is 6.42 Å². The number of amidine groups is 1. The molecule has 0 aromatic carbocycles. The second-order valence-electron chi connectivity index (χ2n) is 4.39. The first-order chi connectivity index (χ1) is 11.6. The molecule has 0 spiro atoms. The number of aliphatic imine (C=N–C) groups is 1. The number of hydrogen-bond acceptors (Lipinski definition) is 6. The number of thioether (sulfide) groups is 1. The number of ether oxygens (including phenoxy) is 1. The first-order valence-electron chi connectivity index (χ1n) is 8.04. The molecule has 2 saturated heterocycles. The van der Waals surface area contributed by atoms with Crippen LogP contribution in [0.3, 0.4) is 0 Å². The number of fused-ring (bicyclic) bond motifs is 1. The average Bonchev–Trinajstić information content (AvgIpc) is 3.32. The van der Waals surface area contributed by atoms with Gasteiger partial charge in [0.15, 0.2) is 5.17 Å². The predicted octanol–water partition coefficient (Wildman–Crippen LogP) is 2.06. The zero-order valence-electron chi connectivity index (χ0n) is 14.5. The van der Waals surface area contributed by atoms with Crippen molar-refractivity contribution in [2.75, 3.05) is 37.3 Å². The summed E-state index contributed by atoms with van der Waals surface area (Å²) in [6, 6.07) is 0. The van der Waals surface area contributed by atoms with Gasteiger partial charge in [-0.1, -0.05) is 39.9 Å². The van der Waals surface area contributed by atoms with Gasteiger partial charge in [0.2, 0.25) is 5.91 Å². The highest BCUT2D eigenvalue weighted by Crippen LogP contribution is 2.21. The topological polar surface area (TPSA) is 71.0 Å². The molecule has 3 aliphatic heterocycles. The number of thiocarbonyl (C=S) groups is 1. The van der Waals surface area contributed by atoms with Gasteiger partial charge in [0.05, 0.1) is 23.9 Å². The fourth-order valence-corrected chi connectivity index (χ4v) is 3.10. The number of nitrogens with zero attached hydrogens (tertiary/aromatic N) is 2. The van der Waals surface area contributed by atoms with E-state index in [0.717, 1.165) is 36.2 Å². The number of carbonyl (C=O) groups is 2. The van der Waals surface area contributed by atoms with Gasteiger partial charge in [-0.25, -0.2) is 0 Å². The summed E-state index contributed by atoms with van der Waals surface area (Å²) in [6.45, 7) is 4.94. The molecule has 22 heavy (non-hydrogen) atoms. The fraction of sp³-hybridized carbons (Fsp3) is 0.692. The summed E-state index contributed by atoms with van der Waals surface area (Å²) >= 11 is 9.30. The molecule has 0 atom stereocenters. The first-order valence-corrected chi connectivity index (χ1v) is 9.56. The van der Waals surface area contributed by atoms with Crippen LogP contribution < -0.4 is 5.32 Å². The maximum Gasteiger partial charge on any atom is 0.316 e. The van der Waals surface area contributed by atoms with Crippen LogP contribution in [0.5, 0.6) is 0 Å². The predicted molar refractivity (Wildman–Crippen MR) is 101 cm³/mol. The molecule has 9 heteroatoms. The van der Waals surface area contributed by atoms with Crippen molar-refractivity contribution in [1.82, 2.24) is 10.2 Å². The summed E-state index contributed by atoms with van der Waals surface area (Å²) < 4.78 is 14.5. The third kappa shape index (κ3) is 7.06. The van der Waals surface area contributed by atoms with Crippen LogP contribution >= 0.6 is 39.9 Å². The number of amides is 1. The quantitative estimate of drug-likeness (QED) is 0.421. The van der Waals surface area contributed by atoms with Crippen molar-refractivity contribution in [1.29, 1.82) is 0 Å². The molecule has 0 aliphatic carbocycles. The summed E-state index contributed by atoms with van der Waals surface area (Å²) in [7, 11) is 0. The molecule has 0 aromatic rings. The van der Waals surface area contributed by atoms with Crippen LogP contribution in [0.15, 0.2) is 4.99 Å². The zero-order valence-corrected chi connectivity index (χ0v) is 15.7. The minimum absolute atomic E-state index is 0. The maximum atomic E-state index is 10.9. The Balaban J connectivity index is 0. The lowest BCUT2D eigenvalue weighted by Gasteiger charge is -2.04. The highest BCUT2D eigenvalue weighted by Gasteiger charge is 2.30. The van der Waals surface area contributed by atoms with Crippen molar-refractivity contribution >= 4 is 61.9 Å². The number of halogens is 1. The molecule has 0 saturated carbocycles. The molecule has 1 amide bonds. The molecular formula is C13H24BrN3O3S2. The van der Waals surface area contributed by atoms with Crippen LogP contribution in [0.2, 0.25) is 0 Å². The highest BCUT2D eigenvalue weighted by molar-refractivity contribution is 9.09. The van der Waals surface area contributed by atoms with Crippen molar-refractivity contribution < 1.29 is 18.7 Å². The summed E-state index contributed by atoms with van der Waals surface area (Å²) in [5, 5.41) is 4.27. The van der Waals surface area contributed by atoms with Crippen molar-refractivity contribution in [3.63, 3.8) is 0 Å². The molecule has 0 bridgehead atoms. The maximum absolute atomic E-state index is 10.9. The first kappa shape index (κ1) is 17.7. The van der Waals surface area contributed by atoms with Gasteiger partial charge >= 0.3 is 5.97 Å². The van der Waals surface area contributed by atoms with E-state index in [-0.39, 0.29) is 13.3 Å². The second-order valence-corrected chi connectivity index (χ2v) is 6.39. The minimum atomic E-state index is -0.206. The van der Waals surface area contributed by atoms with Gasteiger partial charge in [0.1, 0.15) is 5.33 Å². The van der Waals surface area contributed by atoms with Crippen molar-refractivity contribution in [2.45, 2.75) is 19.8 Å². The molecule has 2 fully saturated rings. The lowest BCUT2D eigenvalue weighted by atomic mass is 10.4. The molecule has 1 N–H and O–H groups in total. The van der Waals surface area contributed by atoms with Gasteiger partial charge in [-0.3, -0.25) is 19.5 Å². The van der Waals surface area contributed by atoms with Crippen LogP contribution in [-0.2, 0) is 14.3 Å². The zero-order chi connectivity index (χ0) is 18.4. The van der Waals surface area contributed by atoms with E-state index in [9.17, 15) is 9.59 Å². The normalized spacial score (nSPS) is 18.8. The van der Waals surface area contributed by atoms with E-state index in [1.54, 1.807) is 23.6 Å². The standard InChI is InChI=1S/C5H6N2OS.C4H7BrO2.C4H7NS.2H2/c8-4-3-9-5-6-1-2-7(4)5;1-2-7-4(6)3-5;6-4-2-1-3-5-4;;/h1-3H2;2-3H2,1H3;1-3H2,(H,5,6);2*1H/i;;;1+1D;1+1. The highest BCUT2D eigenvalue weighted by atomic mass is 79.9.